The zero-order chi connectivity index (χ0) is 11.3. The Balaban J connectivity index is 2.81. The van der Waals surface area contributed by atoms with Gasteiger partial charge in [0.25, 0.3) is 0 Å². The van der Waals surface area contributed by atoms with E-state index in [1.165, 1.54) is 0 Å². The standard InChI is InChI=1S/C10H12BrNO3/c1-3-15-9(13)4-7-5-12-6-8(14-2)10(7)11/h5-6H,3-4H2,1-2H3. The molecule has 82 valence electrons. The van der Waals surface area contributed by atoms with E-state index in [-0.39, 0.29) is 12.4 Å². The third-order valence-corrected chi connectivity index (χ3v) is 2.68. The van der Waals surface area contributed by atoms with Crippen LogP contribution in [0.2, 0.25) is 0 Å². The molecule has 0 N–H and O–H groups in total. The Kier molecular flexibility index (Phi) is 4.55. The van der Waals surface area contributed by atoms with Crippen molar-refractivity contribution in [3.8, 4) is 5.75 Å². The van der Waals surface area contributed by atoms with Crippen LogP contribution in [0.4, 0.5) is 0 Å². The van der Waals surface area contributed by atoms with Gasteiger partial charge in [0, 0.05) is 6.20 Å². The zero-order valence-electron chi connectivity index (χ0n) is 8.62. The van der Waals surface area contributed by atoms with E-state index in [2.05, 4.69) is 20.9 Å². The lowest BCUT2D eigenvalue weighted by Crippen LogP contribution is -2.08. The predicted octanol–water partition coefficient (Wildman–Crippen LogP) is 1.96. The average molecular weight is 274 g/mol. The number of hydrogen-bond donors (Lipinski definition) is 0. The fourth-order valence-corrected chi connectivity index (χ4v) is 1.61. The van der Waals surface area contributed by atoms with Crippen molar-refractivity contribution in [3.05, 3.63) is 22.4 Å². The first-order chi connectivity index (χ1) is 7.19. The molecule has 1 heterocycles. The van der Waals surface area contributed by atoms with Crippen molar-refractivity contribution in [2.24, 2.45) is 0 Å². The van der Waals surface area contributed by atoms with Gasteiger partial charge in [0.05, 0.1) is 30.8 Å². The Morgan fingerprint density at radius 1 is 1.53 bits per heavy atom. The number of carbonyl (C=O) groups excluding carboxylic acids is 1. The summed E-state index contributed by atoms with van der Waals surface area (Å²) < 4.78 is 10.7. The van der Waals surface area contributed by atoms with Gasteiger partial charge >= 0.3 is 5.97 Å². The third-order valence-electron chi connectivity index (χ3n) is 1.78. The summed E-state index contributed by atoms with van der Waals surface area (Å²) in [6.45, 7) is 2.16. The molecular formula is C10H12BrNO3. The van der Waals surface area contributed by atoms with Crippen LogP contribution in [-0.4, -0.2) is 24.7 Å². The molecule has 0 aliphatic rings. The zero-order valence-corrected chi connectivity index (χ0v) is 10.2. The lowest BCUT2D eigenvalue weighted by atomic mass is 10.2. The van der Waals surface area contributed by atoms with Gasteiger partial charge in [-0.25, -0.2) is 0 Å². The van der Waals surface area contributed by atoms with E-state index < -0.39 is 0 Å². The molecule has 0 amide bonds. The van der Waals surface area contributed by atoms with Crippen molar-refractivity contribution in [3.63, 3.8) is 0 Å². The van der Waals surface area contributed by atoms with Crippen LogP contribution in [0.5, 0.6) is 5.75 Å². The molecule has 1 aromatic rings. The number of pyridine rings is 1. The minimum atomic E-state index is -0.270. The van der Waals surface area contributed by atoms with Gasteiger partial charge in [-0.1, -0.05) is 0 Å². The van der Waals surface area contributed by atoms with Crippen LogP contribution in [0.15, 0.2) is 16.9 Å². The summed E-state index contributed by atoms with van der Waals surface area (Å²) in [5.74, 6) is 0.338. The summed E-state index contributed by atoms with van der Waals surface area (Å²) in [4.78, 5) is 15.2. The van der Waals surface area contributed by atoms with Crippen LogP contribution in [-0.2, 0) is 16.0 Å². The van der Waals surface area contributed by atoms with Gasteiger partial charge in [-0.2, -0.15) is 0 Å². The van der Waals surface area contributed by atoms with Crippen molar-refractivity contribution in [1.29, 1.82) is 0 Å². The van der Waals surface area contributed by atoms with E-state index in [4.69, 9.17) is 9.47 Å². The molecule has 1 aromatic heterocycles. The summed E-state index contributed by atoms with van der Waals surface area (Å²) in [7, 11) is 1.55. The number of carbonyl (C=O) groups is 1. The molecule has 4 nitrogen and oxygen atoms in total. The normalized spacial score (nSPS) is 9.80. The smallest absolute Gasteiger partial charge is 0.310 e. The van der Waals surface area contributed by atoms with Gasteiger partial charge < -0.3 is 9.47 Å². The van der Waals surface area contributed by atoms with Crippen molar-refractivity contribution in [1.82, 2.24) is 4.98 Å². The minimum Gasteiger partial charge on any atom is -0.494 e. The summed E-state index contributed by atoms with van der Waals surface area (Å²) in [5.41, 5.74) is 0.757. The quantitative estimate of drug-likeness (QED) is 0.787. The van der Waals surface area contributed by atoms with E-state index in [9.17, 15) is 4.79 Å². The first-order valence-corrected chi connectivity index (χ1v) is 5.30. The molecule has 0 fully saturated rings. The molecule has 0 unspecified atom stereocenters. The van der Waals surface area contributed by atoms with Crippen LogP contribution in [0, 0.1) is 0 Å². The fraction of sp³-hybridized carbons (Fsp3) is 0.400. The Morgan fingerprint density at radius 2 is 2.27 bits per heavy atom. The van der Waals surface area contributed by atoms with Crippen molar-refractivity contribution in [2.45, 2.75) is 13.3 Å². The van der Waals surface area contributed by atoms with E-state index >= 15 is 0 Å². The van der Waals surface area contributed by atoms with Crippen LogP contribution in [0.3, 0.4) is 0 Å². The van der Waals surface area contributed by atoms with Gasteiger partial charge in [-0.15, -0.1) is 0 Å². The van der Waals surface area contributed by atoms with Gasteiger partial charge in [0.1, 0.15) is 0 Å². The molecule has 1 rings (SSSR count). The second-order valence-electron chi connectivity index (χ2n) is 2.80. The maximum absolute atomic E-state index is 11.3. The minimum absolute atomic E-state index is 0.193. The number of rotatable bonds is 4. The number of nitrogens with zero attached hydrogens (tertiary/aromatic N) is 1. The highest BCUT2D eigenvalue weighted by molar-refractivity contribution is 9.10. The fourth-order valence-electron chi connectivity index (χ4n) is 1.10. The molecule has 0 spiro atoms. The summed E-state index contributed by atoms with van der Waals surface area (Å²) in [6.07, 6.45) is 3.39. The number of halogens is 1. The Bertz CT molecular complexity index is 355. The van der Waals surface area contributed by atoms with Crippen LogP contribution < -0.4 is 4.74 Å². The molecule has 0 aliphatic heterocycles. The summed E-state index contributed by atoms with van der Waals surface area (Å²) in [6, 6.07) is 0. The second kappa shape index (κ2) is 5.70. The van der Waals surface area contributed by atoms with E-state index in [1.54, 1.807) is 26.4 Å². The molecule has 0 aromatic carbocycles. The topological polar surface area (TPSA) is 48.4 Å². The third kappa shape index (κ3) is 3.20. The van der Waals surface area contributed by atoms with Crippen LogP contribution >= 0.6 is 15.9 Å². The number of hydrogen-bond acceptors (Lipinski definition) is 4. The monoisotopic (exact) mass is 273 g/mol. The largest absolute Gasteiger partial charge is 0.494 e. The highest BCUT2D eigenvalue weighted by atomic mass is 79.9. The van der Waals surface area contributed by atoms with Gasteiger partial charge in [0.15, 0.2) is 5.75 Å². The predicted molar refractivity (Wildman–Crippen MR) is 58.8 cm³/mol. The van der Waals surface area contributed by atoms with Gasteiger partial charge in [-0.3, -0.25) is 9.78 Å². The molecule has 0 saturated carbocycles. The number of aromatic nitrogens is 1. The maximum atomic E-state index is 11.3. The summed E-state index contributed by atoms with van der Waals surface area (Å²) in [5, 5.41) is 0. The number of esters is 1. The molecule has 0 bridgehead atoms. The molecule has 0 aliphatic carbocycles. The lowest BCUT2D eigenvalue weighted by molar-refractivity contribution is -0.142. The Labute approximate surface area is 96.7 Å². The lowest BCUT2D eigenvalue weighted by Gasteiger charge is -2.07. The maximum Gasteiger partial charge on any atom is 0.310 e. The average Bonchev–Trinajstić information content (AvgIpc) is 2.21. The highest BCUT2D eigenvalue weighted by Crippen LogP contribution is 2.27. The number of methoxy groups -OCH3 is 1. The van der Waals surface area contributed by atoms with Crippen LogP contribution in [0.1, 0.15) is 12.5 Å². The molecule has 0 saturated heterocycles. The summed E-state index contributed by atoms with van der Waals surface area (Å²) >= 11 is 3.35. The Hall–Kier alpha value is -1.10. The Morgan fingerprint density at radius 3 is 2.87 bits per heavy atom. The van der Waals surface area contributed by atoms with Crippen molar-refractivity contribution in [2.75, 3.05) is 13.7 Å². The highest BCUT2D eigenvalue weighted by Gasteiger charge is 2.11. The van der Waals surface area contributed by atoms with Crippen LogP contribution in [0.25, 0.3) is 0 Å². The number of ether oxygens (including phenoxy) is 2. The van der Waals surface area contributed by atoms with Crippen molar-refractivity contribution < 1.29 is 14.3 Å². The SMILES string of the molecule is CCOC(=O)Cc1cncc(OC)c1Br. The van der Waals surface area contributed by atoms with Crippen molar-refractivity contribution >= 4 is 21.9 Å². The van der Waals surface area contributed by atoms with E-state index in [0.29, 0.717) is 12.4 Å². The van der Waals surface area contributed by atoms with Gasteiger partial charge in [-0.05, 0) is 28.4 Å². The molecule has 15 heavy (non-hydrogen) atoms. The molecule has 0 atom stereocenters. The van der Waals surface area contributed by atoms with E-state index in [1.807, 2.05) is 0 Å². The molecule has 0 radical (unpaired) electrons. The van der Waals surface area contributed by atoms with Gasteiger partial charge in [0.2, 0.25) is 0 Å². The second-order valence-corrected chi connectivity index (χ2v) is 3.59. The molecule has 5 heteroatoms. The molecular weight excluding hydrogens is 262 g/mol. The van der Waals surface area contributed by atoms with E-state index in [0.717, 1.165) is 10.0 Å². The first kappa shape index (κ1) is 12.0. The first-order valence-electron chi connectivity index (χ1n) is 4.51.